The molecule has 1 saturated heterocycles. The molecule has 5 heterocycles. The number of primary amides is 1. The van der Waals surface area contributed by atoms with Gasteiger partial charge in [-0.25, -0.2) is 19.6 Å². The standard InChI is InChI=1S/C75H98N12O16S2/c1-38(2)60(85-58(89)22-26-101-28-29-102-27-25-77-69(93)43-18-21-49-51(30-43)83-53-37-105-67-66(104-36-52(53)82-49)48-14-11-10-12-23-75(48,67)6)71(95)84-50(15-13-24-78-73(76)97)70(94)81-44-19-16-42(17-20-44)35-103-74(98)80-41(5)68(92)79-34-56-59-47(62(90)40(4)65(100-9)63(59)91)32-54-61-46-33-57(88)64(99-8)39(3)45(46)31-55(86(61)7)72(96)87(54)56/h16-21,30,33,38,41,48,50,54-56,60-61,66-67,72,88,96H,10-15,22-29,31-32,34-37H2,1-9H3,(H,77,93)(H,79,92)(H,80,98)(H,81,94)(H,84,95)(H,85,89)(H3,76,78,97)/t41-,48?,50-,54-,55-,56-,60-,61-,66?,67?,72-,75?/m0/s1. The van der Waals surface area contributed by atoms with Crippen molar-refractivity contribution in [2.75, 3.05) is 72.6 Å². The van der Waals surface area contributed by atoms with E-state index in [9.17, 15) is 53.4 Å². The normalized spacial score (nSPS) is 24.2. The molecule has 1 aromatic heterocycles. The number of aromatic hydroxyl groups is 1. The molecule has 0 spiro atoms. The number of aliphatic hydroxyl groups is 1. The summed E-state index contributed by atoms with van der Waals surface area (Å²) in [6.07, 6.45) is 5.16. The summed E-state index contributed by atoms with van der Waals surface area (Å²) in [5.41, 5.74) is 13.4. The molecule has 4 unspecified atom stereocenters. The van der Waals surface area contributed by atoms with Gasteiger partial charge in [0.25, 0.3) is 5.91 Å². The molecule has 11 rings (SSSR count). The Hall–Kier alpha value is -8.39. The number of allylic oxidation sites excluding steroid dienone is 2. The van der Waals surface area contributed by atoms with E-state index in [2.05, 4.69) is 55.9 Å². The average Bonchev–Trinajstić information content (AvgIpc) is 1.59. The van der Waals surface area contributed by atoms with E-state index in [4.69, 9.17) is 39.4 Å². The van der Waals surface area contributed by atoms with E-state index in [1.54, 1.807) is 61.2 Å². The van der Waals surface area contributed by atoms with Crippen molar-refractivity contribution in [2.45, 2.75) is 183 Å². The number of alkyl carbamates (subject to hydrolysis) is 1. The molecule has 12 atom stereocenters. The van der Waals surface area contributed by atoms with Gasteiger partial charge >= 0.3 is 12.1 Å². The summed E-state index contributed by atoms with van der Waals surface area (Å²) in [6, 6.07) is 6.68. The number of hydrogen-bond donors (Lipinski definition) is 10. The van der Waals surface area contributed by atoms with Crippen LogP contribution in [0.5, 0.6) is 11.5 Å². The number of benzene rings is 3. The number of nitrogens with two attached hydrogens (primary N) is 1. The molecule has 566 valence electrons. The first-order chi connectivity index (χ1) is 50.3. The molecule has 3 aliphatic carbocycles. The number of anilines is 1. The number of nitrogens with one attached hydrogen (secondary N) is 7. The molecule has 8 amide bonds. The Morgan fingerprint density at radius 1 is 0.790 bits per heavy atom. The third kappa shape index (κ3) is 16.9. The number of fused-ring (bicyclic) bond motifs is 12. The van der Waals surface area contributed by atoms with Gasteiger partial charge in [-0.15, -0.1) is 0 Å². The van der Waals surface area contributed by atoms with Crippen LogP contribution in [0.1, 0.15) is 142 Å². The van der Waals surface area contributed by atoms with Crippen LogP contribution in [-0.4, -0.2) is 204 Å². The number of phenolic OH excluding ortho intramolecular Hbond substituents is 1. The molecular weight excluding hydrogens is 1390 g/mol. The second kappa shape index (κ2) is 34.0. The summed E-state index contributed by atoms with van der Waals surface area (Å²) in [4.78, 5) is 135. The number of urea groups is 1. The van der Waals surface area contributed by atoms with E-state index < -0.39 is 102 Å². The zero-order valence-corrected chi connectivity index (χ0v) is 62.6. The van der Waals surface area contributed by atoms with Crippen molar-refractivity contribution in [3.63, 3.8) is 0 Å². The van der Waals surface area contributed by atoms with E-state index >= 15 is 0 Å². The monoisotopic (exact) mass is 1490 g/mol. The summed E-state index contributed by atoms with van der Waals surface area (Å²) in [5.74, 6) is -1.33. The molecule has 3 fully saturated rings. The van der Waals surface area contributed by atoms with Crippen LogP contribution < -0.4 is 47.7 Å². The fourth-order valence-electron chi connectivity index (χ4n) is 16.3. The van der Waals surface area contributed by atoms with Gasteiger partial charge in [0.05, 0.1) is 81.2 Å². The number of phenols is 1. The summed E-state index contributed by atoms with van der Waals surface area (Å²) in [6.45, 7) is 11.3. The predicted molar refractivity (Wildman–Crippen MR) is 394 cm³/mol. The number of carbonyl (C=O) groups is 9. The van der Waals surface area contributed by atoms with Crippen molar-refractivity contribution in [3.8, 4) is 11.5 Å². The number of methoxy groups -OCH3 is 2. The first-order valence-electron chi connectivity index (χ1n) is 36.2. The van der Waals surface area contributed by atoms with Gasteiger partial charge in [-0.2, -0.15) is 23.5 Å². The van der Waals surface area contributed by atoms with Gasteiger partial charge in [-0.1, -0.05) is 52.2 Å². The molecule has 3 aromatic carbocycles. The van der Waals surface area contributed by atoms with Crippen molar-refractivity contribution in [1.82, 2.24) is 51.7 Å². The van der Waals surface area contributed by atoms with E-state index in [1.807, 2.05) is 36.7 Å². The number of ether oxygens (including phenoxy) is 5. The van der Waals surface area contributed by atoms with Gasteiger partial charge < -0.3 is 76.8 Å². The second-order valence-electron chi connectivity index (χ2n) is 28.8. The minimum Gasteiger partial charge on any atom is -0.504 e. The number of rotatable bonds is 28. The third-order valence-electron chi connectivity index (χ3n) is 21.9. The van der Waals surface area contributed by atoms with Gasteiger partial charge in [0.2, 0.25) is 29.4 Å². The lowest BCUT2D eigenvalue weighted by Crippen LogP contribution is -2.71. The number of Topliss-reactive ketones (excluding diaryl/α,β-unsaturated/α-hetero) is 2. The van der Waals surface area contributed by atoms with Gasteiger partial charge in [0.1, 0.15) is 31.0 Å². The molecule has 28 nitrogen and oxygen atoms in total. The van der Waals surface area contributed by atoms with Crippen molar-refractivity contribution < 1.29 is 77.0 Å². The Morgan fingerprint density at radius 3 is 2.25 bits per heavy atom. The number of amides is 8. The van der Waals surface area contributed by atoms with Crippen LogP contribution in [0.15, 0.2) is 71.0 Å². The minimum absolute atomic E-state index is 0.0297. The number of aromatic nitrogens is 2. The van der Waals surface area contributed by atoms with Crippen LogP contribution in [0.3, 0.4) is 0 Å². The van der Waals surface area contributed by atoms with E-state index in [0.29, 0.717) is 50.4 Å². The Bertz CT molecular complexity index is 4060. The maximum atomic E-state index is 14.3. The second-order valence-corrected chi connectivity index (χ2v) is 31.1. The summed E-state index contributed by atoms with van der Waals surface area (Å²) in [7, 11) is 4.65. The van der Waals surface area contributed by atoms with Crippen LogP contribution in [0.4, 0.5) is 15.3 Å². The molecule has 7 aliphatic rings. The van der Waals surface area contributed by atoms with Gasteiger partial charge in [-0.05, 0) is 142 Å². The van der Waals surface area contributed by atoms with Crippen LogP contribution in [0.2, 0.25) is 0 Å². The fraction of sp³-hybridized carbons (Fsp3) is 0.560. The molecule has 2 bridgehead atoms. The zero-order chi connectivity index (χ0) is 75.1. The third-order valence-corrected chi connectivity index (χ3v) is 25.1. The Kier molecular flexibility index (Phi) is 25.2. The maximum absolute atomic E-state index is 14.3. The summed E-state index contributed by atoms with van der Waals surface area (Å²) >= 11 is 4.09. The highest BCUT2D eigenvalue weighted by Gasteiger charge is 2.60. The lowest BCUT2D eigenvalue weighted by Gasteiger charge is -2.60. The maximum Gasteiger partial charge on any atom is 0.408 e. The highest BCUT2D eigenvalue weighted by Crippen LogP contribution is 2.64. The Morgan fingerprint density at radius 2 is 1.52 bits per heavy atom. The zero-order valence-electron chi connectivity index (χ0n) is 61.0. The molecule has 0 radical (unpaired) electrons. The quantitative estimate of drug-likeness (QED) is 0.0237. The number of ketones is 2. The van der Waals surface area contributed by atoms with Crippen LogP contribution >= 0.6 is 23.5 Å². The number of aliphatic hydroxyl groups excluding tert-OH is 1. The van der Waals surface area contributed by atoms with Crippen LogP contribution in [0, 0.1) is 24.2 Å². The predicted octanol–water partition coefficient (Wildman–Crippen LogP) is 5.81. The lowest BCUT2D eigenvalue weighted by atomic mass is 9.58. The molecule has 105 heavy (non-hydrogen) atoms. The van der Waals surface area contributed by atoms with Crippen LogP contribution in [0.25, 0.3) is 11.0 Å². The minimum atomic E-state index is -1.19. The SMILES string of the molecule is COC1=C(C)C(=O)C2=C(C1=O)[C@H](CNC(=O)[C@H](C)NC(=O)OCc1ccc(NC(=O)[C@H](CCCNC(N)=O)NC(=O)[C@@H](NC(=O)CCOCCOCCNC(=O)c3ccc4nc5c(nc4c3)CSC3C(SC5)C4CCCCCC43C)C(C)C)cc1)N1[C@@H](O)[C@@H]3Cc4c(cc(O)c(OC)c4C)[C@@H]([C@@H]1C2)N3C. The first kappa shape index (κ1) is 77.7. The number of hydrogen-bond acceptors (Lipinski definition) is 22. The highest BCUT2D eigenvalue weighted by molar-refractivity contribution is 8.03. The van der Waals surface area contributed by atoms with Crippen LogP contribution in [-0.2, 0) is 72.2 Å². The average molecular weight is 1490 g/mol. The molecule has 30 heteroatoms. The van der Waals surface area contributed by atoms with Gasteiger partial charge in [0, 0.05) is 82.1 Å². The van der Waals surface area contributed by atoms with Crippen molar-refractivity contribution in [2.24, 2.45) is 23.0 Å². The number of carbonyl (C=O) groups excluding carboxylic acids is 9. The summed E-state index contributed by atoms with van der Waals surface area (Å²) < 4.78 is 27.8. The van der Waals surface area contributed by atoms with E-state index in [-0.39, 0.29) is 112 Å². The fourth-order valence-corrected chi connectivity index (χ4v) is 20.1. The lowest BCUT2D eigenvalue weighted by molar-refractivity contribution is -0.167. The summed E-state index contributed by atoms with van der Waals surface area (Å²) in [5, 5.41) is 43.8. The van der Waals surface area contributed by atoms with E-state index in [1.165, 1.54) is 60.2 Å². The van der Waals surface area contributed by atoms with Crippen molar-refractivity contribution >= 4 is 93.5 Å². The van der Waals surface area contributed by atoms with Gasteiger partial charge in [-0.3, -0.25) is 43.4 Å². The van der Waals surface area contributed by atoms with E-state index in [0.717, 1.165) is 51.0 Å². The molecule has 4 aromatic rings. The Balaban J connectivity index is 0.607. The molecular formula is C75H98N12O16S2. The molecule has 4 aliphatic heterocycles. The number of nitrogens with zero attached hydrogens (tertiary/aromatic N) is 4. The van der Waals surface area contributed by atoms with Gasteiger partial charge in [0.15, 0.2) is 23.0 Å². The smallest absolute Gasteiger partial charge is 0.408 e. The van der Waals surface area contributed by atoms with Crippen molar-refractivity contribution in [3.05, 3.63) is 110 Å². The number of piperazine rings is 1. The first-order valence-corrected chi connectivity index (χ1v) is 38.3. The highest BCUT2D eigenvalue weighted by atomic mass is 32.2. The molecule has 2 saturated carbocycles. The number of likely N-dealkylation sites (N-methyl/N-ethyl adjacent to an activating group) is 1. The van der Waals surface area contributed by atoms with Crippen molar-refractivity contribution in [1.29, 1.82) is 0 Å². The topological polar surface area (TPSA) is 383 Å². The largest absolute Gasteiger partial charge is 0.504 e. The Labute approximate surface area is 619 Å². The molecule has 11 N–H and O–H groups in total. The number of thioether (sulfide) groups is 2.